The summed E-state index contributed by atoms with van der Waals surface area (Å²) >= 11 is 0. The molecule has 5 nitrogen and oxygen atoms in total. The minimum absolute atomic E-state index is 0.122. The molecule has 0 spiro atoms. The molecule has 3 heterocycles. The van der Waals surface area contributed by atoms with Gasteiger partial charge in [0.25, 0.3) is 5.91 Å². The van der Waals surface area contributed by atoms with Gasteiger partial charge in [0, 0.05) is 59.6 Å². The largest absolute Gasteiger partial charge is 0.354 e. The fourth-order valence-corrected chi connectivity index (χ4v) is 4.20. The van der Waals surface area contributed by atoms with Gasteiger partial charge in [-0.2, -0.15) is 0 Å². The van der Waals surface area contributed by atoms with E-state index >= 15 is 0 Å². The molecular formula is C23H28N4O. The monoisotopic (exact) mass is 376 g/mol. The van der Waals surface area contributed by atoms with Crippen LogP contribution >= 0.6 is 0 Å². The third-order valence-corrected chi connectivity index (χ3v) is 5.44. The number of carbonyl (C=O) groups excluding carboxylic acids is 1. The Bertz CT molecular complexity index is 1010. The first-order valence-corrected chi connectivity index (χ1v) is 10.1. The molecule has 0 bridgehead atoms. The van der Waals surface area contributed by atoms with Crippen LogP contribution in [0.5, 0.6) is 0 Å². The van der Waals surface area contributed by atoms with E-state index in [1.165, 1.54) is 5.56 Å². The molecule has 3 aromatic rings. The van der Waals surface area contributed by atoms with Crippen molar-refractivity contribution < 1.29 is 4.79 Å². The number of fused-ring (bicyclic) bond motifs is 1. The Morgan fingerprint density at radius 1 is 1.07 bits per heavy atom. The van der Waals surface area contributed by atoms with Crippen LogP contribution in [0.1, 0.15) is 47.1 Å². The summed E-state index contributed by atoms with van der Waals surface area (Å²) in [7, 11) is 0. The predicted molar refractivity (Wildman–Crippen MR) is 114 cm³/mol. The lowest BCUT2D eigenvalue weighted by atomic mass is 9.95. The number of aryl methyl sites for hydroxylation is 2. The van der Waals surface area contributed by atoms with Crippen LogP contribution in [0.2, 0.25) is 0 Å². The number of aromatic nitrogens is 2. The van der Waals surface area contributed by atoms with E-state index in [0.717, 1.165) is 65.3 Å². The normalized spacial score (nSPS) is 14.8. The summed E-state index contributed by atoms with van der Waals surface area (Å²) in [6.45, 7) is 11.7. The van der Waals surface area contributed by atoms with Crippen molar-refractivity contribution in [1.29, 1.82) is 0 Å². The van der Waals surface area contributed by atoms with E-state index < -0.39 is 0 Å². The molecule has 4 rings (SSSR count). The number of hydrogen-bond acceptors (Lipinski definition) is 3. The highest BCUT2D eigenvalue weighted by molar-refractivity contribution is 6.00. The molecule has 1 aliphatic rings. The lowest BCUT2D eigenvalue weighted by Crippen LogP contribution is -2.46. The number of pyridine rings is 1. The Morgan fingerprint density at radius 2 is 1.75 bits per heavy atom. The molecule has 1 aliphatic heterocycles. The lowest BCUT2D eigenvalue weighted by Gasteiger charge is -2.27. The smallest absolute Gasteiger partial charge is 0.253 e. The number of carbonyl (C=O) groups is 1. The van der Waals surface area contributed by atoms with Gasteiger partial charge in [-0.1, -0.05) is 13.8 Å². The second-order valence-electron chi connectivity index (χ2n) is 8.01. The Hall–Kier alpha value is -2.66. The van der Waals surface area contributed by atoms with Gasteiger partial charge in [0.1, 0.15) is 0 Å². The average Bonchev–Trinajstić information content (AvgIpc) is 3.06. The van der Waals surface area contributed by atoms with Gasteiger partial charge in [-0.3, -0.25) is 9.78 Å². The number of benzene rings is 1. The number of nitrogens with one attached hydrogen (secondary N) is 2. The topological polar surface area (TPSA) is 61.0 Å². The highest BCUT2D eigenvalue weighted by atomic mass is 16.2. The average molecular weight is 377 g/mol. The summed E-state index contributed by atoms with van der Waals surface area (Å²) in [6.07, 6.45) is 0. The zero-order valence-corrected chi connectivity index (χ0v) is 17.1. The van der Waals surface area contributed by atoms with Crippen molar-refractivity contribution in [2.75, 3.05) is 26.2 Å². The molecule has 28 heavy (non-hydrogen) atoms. The number of H-pyrrole nitrogens is 1. The molecule has 1 amide bonds. The molecule has 2 aromatic heterocycles. The van der Waals surface area contributed by atoms with E-state index in [-0.39, 0.29) is 5.91 Å². The van der Waals surface area contributed by atoms with Crippen molar-refractivity contribution in [2.45, 2.75) is 33.6 Å². The molecule has 1 aromatic carbocycles. The minimum atomic E-state index is 0.122. The van der Waals surface area contributed by atoms with Crippen molar-refractivity contribution in [3.63, 3.8) is 0 Å². The second-order valence-corrected chi connectivity index (χ2v) is 8.01. The molecule has 2 N–H and O–H groups in total. The third kappa shape index (κ3) is 3.42. The highest BCUT2D eigenvalue weighted by Gasteiger charge is 2.21. The zero-order valence-electron chi connectivity index (χ0n) is 17.1. The summed E-state index contributed by atoms with van der Waals surface area (Å²) in [4.78, 5) is 23.0. The van der Waals surface area contributed by atoms with Gasteiger partial charge < -0.3 is 15.2 Å². The SMILES string of the molecule is Cc1cc(-c2[nH]c3ccc(C(=O)N4CCNCC4)cc3c2C(C)C)cc(C)n1. The lowest BCUT2D eigenvalue weighted by molar-refractivity contribution is 0.0736. The van der Waals surface area contributed by atoms with E-state index in [2.05, 4.69) is 47.3 Å². The van der Waals surface area contributed by atoms with Gasteiger partial charge in [-0.25, -0.2) is 0 Å². The Kier molecular flexibility index (Phi) is 4.94. The van der Waals surface area contributed by atoms with Crippen LogP contribution in [0.4, 0.5) is 0 Å². The van der Waals surface area contributed by atoms with Crippen LogP contribution in [0.3, 0.4) is 0 Å². The Labute approximate surface area is 166 Å². The summed E-state index contributed by atoms with van der Waals surface area (Å²) in [6, 6.07) is 10.3. The Balaban J connectivity index is 1.82. The van der Waals surface area contributed by atoms with Crippen molar-refractivity contribution >= 4 is 16.8 Å². The van der Waals surface area contributed by atoms with Crippen LogP contribution in [-0.4, -0.2) is 47.0 Å². The number of aromatic amines is 1. The molecule has 0 radical (unpaired) electrons. The maximum absolute atomic E-state index is 13.0. The second kappa shape index (κ2) is 7.40. The van der Waals surface area contributed by atoms with Gasteiger partial charge >= 0.3 is 0 Å². The van der Waals surface area contributed by atoms with E-state index in [0.29, 0.717) is 5.92 Å². The first-order chi connectivity index (χ1) is 13.4. The van der Waals surface area contributed by atoms with Gasteiger partial charge in [-0.15, -0.1) is 0 Å². The molecule has 5 heteroatoms. The predicted octanol–water partition coefficient (Wildman–Crippen LogP) is 4.02. The number of amides is 1. The van der Waals surface area contributed by atoms with E-state index in [4.69, 9.17) is 0 Å². The summed E-state index contributed by atoms with van der Waals surface area (Å²) < 4.78 is 0. The first-order valence-electron chi connectivity index (χ1n) is 10.1. The molecule has 1 fully saturated rings. The van der Waals surface area contributed by atoms with Gasteiger partial charge in [0.15, 0.2) is 0 Å². The van der Waals surface area contributed by atoms with Crippen LogP contribution < -0.4 is 5.32 Å². The van der Waals surface area contributed by atoms with Gasteiger partial charge in [0.05, 0.1) is 5.69 Å². The third-order valence-electron chi connectivity index (χ3n) is 5.44. The molecule has 0 unspecified atom stereocenters. The number of nitrogens with zero attached hydrogens (tertiary/aromatic N) is 2. The van der Waals surface area contributed by atoms with Crippen LogP contribution in [-0.2, 0) is 0 Å². The van der Waals surface area contributed by atoms with Gasteiger partial charge in [-0.05, 0) is 55.7 Å². The summed E-state index contributed by atoms with van der Waals surface area (Å²) in [5, 5.41) is 4.44. The summed E-state index contributed by atoms with van der Waals surface area (Å²) in [5.74, 6) is 0.457. The van der Waals surface area contributed by atoms with E-state index in [1.54, 1.807) is 0 Å². The fraction of sp³-hybridized carbons (Fsp3) is 0.391. The maximum Gasteiger partial charge on any atom is 0.253 e. The quantitative estimate of drug-likeness (QED) is 0.726. The molecule has 0 saturated carbocycles. The zero-order chi connectivity index (χ0) is 19.8. The number of rotatable bonds is 3. The molecule has 0 aliphatic carbocycles. The van der Waals surface area contributed by atoms with Crippen LogP contribution in [0.25, 0.3) is 22.2 Å². The van der Waals surface area contributed by atoms with Crippen molar-refractivity contribution in [1.82, 2.24) is 20.2 Å². The molecular weight excluding hydrogens is 348 g/mol. The van der Waals surface area contributed by atoms with Crippen molar-refractivity contribution in [3.05, 3.63) is 52.8 Å². The van der Waals surface area contributed by atoms with Crippen molar-refractivity contribution in [3.8, 4) is 11.3 Å². The van der Waals surface area contributed by atoms with Crippen LogP contribution in [0, 0.1) is 13.8 Å². The van der Waals surface area contributed by atoms with Crippen LogP contribution in [0.15, 0.2) is 30.3 Å². The number of piperazine rings is 1. The standard InChI is InChI=1S/C23H28N4O/c1-14(2)21-19-13-17(23(28)27-9-7-24-8-10-27)5-6-20(19)26-22(21)18-11-15(3)25-16(4)12-18/h5-6,11-14,24,26H,7-10H2,1-4H3. The van der Waals surface area contributed by atoms with Gasteiger partial charge in [0.2, 0.25) is 0 Å². The van der Waals surface area contributed by atoms with E-state index in [9.17, 15) is 4.79 Å². The maximum atomic E-state index is 13.0. The fourth-order valence-electron chi connectivity index (χ4n) is 4.20. The Morgan fingerprint density at radius 3 is 2.39 bits per heavy atom. The minimum Gasteiger partial charge on any atom is -0.354 e. The molecule has 0 atom stereocenters. The van der Waals surface area contributed by atoms with Crippen molar-refractivity contribution in [2.24, 2.45) is 0 Å². The summed E-state index contributed by atoms with van der Waals surface area (Å²) in [5.41, 5.74) is 7.41. The number of hydrogen-bond donors (Lipinski definition) is 2. The highest BCUT2D eigenvalue weighted by Crippen LogP contribution is 2.36. The first kappa shape index (κ1) is 18.7. The molecule has 1 saturated heterocycles. The molecule has 146 valence electrons. The van der Waals surface area contributed by atoms with E-state index in [1.807, 2.05) is 30.9 Å².